The van der Waals surface area contributed by atoms with Gasteiger partial charge >= 0.3 is 0 Å². The van der Waals surface area contributed by atoms with E-state index in [0.717, 1.165) is 5.56 Å². The Morgan fingerprint density at radius 3 is 2.67 bits per heavy atom. The molecule has 1 aliphatic rings. The van der Waals surface area contributed by atoms with E-state index < -0.39 is 16.1 Å². The highest BCUT2D eigenvalue weighted by Gasteiger charge is 2.40. The van der Waals surface area contributed by atoms with Crippen molar-refractivity contribution in [3.05, 3.63) is 59.7 Å². The third-order valence-electron chi connectivity index (χ3n) is 4.80. The van der Waals surface area contributed by atoms with Gasteiger partial charge in [0.15, 0.2) is 0 Å². The lowest BCUT2D eigenvalue weighted by atomic mass is 10.2. The molecule has 144 valence electrons. The molecule has 6 nitrogen and oxygen atoms in total. The van der Waals surface area contributed by atoms with E-state index in [9.17, 15) is 13.2 Å². The maximum absolute atomic E-state index is 13.2. The quantitative estimate of drug-likeness (QED) is 0.825. The van der Waals surface area contributed by atoms with Gasteiger partial charge in [-0.1, -0.05) is 36.4 Å². The molecule has 0 saturated carbocycles. The van der Waals surface area contributed by atoms with Crippen molar-refractivity contribution in [1.29, 1.82) is 0 Å². The summed E-state index contributed by atoms with van der Waals surface area (Å²) >= 11 is 0. The minimum atomic E-state index is -3.79. The normalized spacial score (nSPS) is 17.6. The number of ether oxygens (including phenoxy) is 1. The summed E-state index contributed by atoms with van der Waals surface area (Å²) in [6.45, 7) is 2.46. The van der Waals surface area contributed by atoms with E-state index in [-0.39, 0.29) is 10.8 Å². The fraction of sp³-hybridized carbons (Fsp3) is 0.350. The Hall–Kier alpha value is -2.38. The van der Waals surface area contributed by atoms with Crippen LogP contribution < -0.4 is 10.1 Å². The molecule has 0 bridgehead atoms. The largest absolute Gasteiger partial charge is 0.497 e. The molecule has 1 atom stereocenters. The number of amides is 1. The highest BCUT2D eigenvalue weighted by atomic mass is 32.2. The number of hydrogen-bond donors (Lipinski definition) is 1. The number of aryl methyl sites for hydroxylation is 1. The first-order valence-corrected chi connectivity index (χ1v) is 10.4. The predicted molar refractivity (Wildman–Crippen MR) is 103 cm³/mol. The number of sulfonamides is 1. The van der Waals surface area contributed by atoms with Crippen LogP contribution in [-0.4, -0.2) is 38.3 Å². The maximum Gasteiger partial charge on any atom is 0.244 e. The van der Waals surface area contributed by atoms with Gasteiger partial charge in [-0.15, -0.1) is 0 Å². The molecule has 7 heteroatoms. The lowest BCUT2D eigenvalue weighted by Crippen LogP contribution is -2.45. The summed E-state index contributed by atoms with van der Waals surface area (Å²) in [7, 11) is -2.29. The molecule has 1 saturated heterocycles. The molecular formula is C20H24N2O4S. The van der Waals surface area contributed by atoms with E-state index >= 15 is 0 Å². The molecule has 1 unspecified atom stereocenters. The van der Waals surface area contributed by atoms with Crippen LogP contribution in [0, 0.1) is 6.92 Å². The van der Waals surface area contributed by atoms with Crippen molar-refractivity contribution in [1.82, 2.24) is 9.62 Å². The Kier molecular flexibility index (Phi) is 5.82. The predicted octanol–water partition coefficient (Wildman–Crippen LogP) is 2.47. The van der Waals surface area contributed by atoms with Crippen LogP contribution in [-0.2, 0) is 21.4 Å². The molecule has 3 rings (SSSR count). The van der Waals surface area contributed by atoms with E-state index in [1.165, 1.54) is 17.5 Å². The third-order valence-corrected chi connectivity index (χ3v) is 6.85. The molecule has 0 spiro atoms. The summed E-state index contributed by atoms with van der Waals surface area (Å²) in [6.07, 6.45) is 1.18. The zero-order chi connectivity index (χ0) is 19.4. The van der Waals surface area contributed by atoms with E-state index in [4.69, 9.17) is 4.74 Å². The summed E-state index contributed by atoms with van der Waals surface area (Å²) in [6, 6.07) is 13.8. The van der Waals surface area contributed by atoms with Crippen molar-refractivity contribution in [2.75, 3.05) is 13.7 Å². The Bertz CT molecular complexity index is 913. The number of nitrogens with zero attached hydrogens (tertiary/aromatic N) is 1. The number of benzene rings is 2. The average Bonchev–Trinajstić information content (AvgIpc) is 3.18. The summed E-state index contributed by atoms with van der Waals surface area (Å²) < 4.78 is 32.9. The summed E-state index contributed by atoms with van der Waals surface area (Å²) in [4.78, 5) is 12.9. The highest BCUT2D eigenvalue weighted by Crippen LogP contribution is 2.30. The van der Waals surface area contributed by atoms with Gasteiger partial charge in [0, 0.05) is 19.2 Å². The molecular weight excluding hydrogens is 364 g/mol. The molecule has 1 fully saturated rings. The molecule has 0 radical (unpaired) electrons. The second-order valence-electron chi connectivity index (χ2n) is 6.61. The topological polar surface area (TPSA) is 75.7 Å². The average molecular weight is 388 g/mol. The van der Waals surface area contributed by atoms with Crippen LogP contribution in [0.4, 0.5) is 0 Å². The van der Waals surface area contributed by atoms with Gasteiger partial charge in [-0.3, -0.25) is 4.79 Å². The van der Waals surface area contributed by atoms with Gasteiger partial charge in [-0.2, -0.15) is 4.31 Å². The van der Waals surface area contributed by atoms with Gasteiger partial charge in [-0.25, -0.2) is 8.42 Å². The number of methoxy groups -OCH3 is 1. The molecule has 2 aromatic rings. The van der Waals surface area contributed by atoms with Gasteiger partial charge in [0.2, 0.25) is 15.9 Å². The Morgan fingerprint density at radius 1 is 1.22 bits per heavy atom. The Balaban J connectivity index is 1.79. The van der Waals surface area contributed by atoms with E-state index in [1.54, 1.807) is 19.1 Å². The number of hydrogen-bond acceptors (Lipinski definition) is 4. The molecule has 1 heterocycles. The smallest absolute Gasteiger partial charge is 0.244 e. The van der Waals surface area contributed by atoms with Gasteiger partial charge in [-0.05, 0) is 37.0 Å². The zero-order valence-corrected chi connectivity index (χ0v) is 16.3. The lowest BCUT2D eigenvalue weighted by molar-refractivity contribution is -0.124. The van der Waals surface area contributed by atoms with Gasteiger partial charge in [0.1, 0.15) is 11.8 Å². The zero-order valence-electron chi connectivity index (χ0n) is 15.5. The van der Waals surface area contributed by atoms with Gasteiger partial charge in [0.25, 0.3) is 0 Å². The third kappa shape index (κ3) is 4.14. The number of carbonyl (C=O) groups is 1. The monoisotopic (exact) mass is 388 g/mol. The molecule has 0 aromatic heterocycles. The maximum atomic E-state index is 13.2. The SMILES string of the molecule is COc1ccc(C)c(S(=O)(=O)N2CCCC2C(=O)NCc2ccccc2)c1. The molecule has 2 aromatic carbocycles. The summed E-state index contributed by atoms with van der Waals surface area (Å²) in [5, 5.41) is 2.86. The number of carbonyl (C=O) groups excluding carboxylic acids is 1. The lowest BCUT2D eigenvalue weighted by Gasteiger charge is -2.24. The molecule has 1 aliphatic heterocycles. The molecule has 1 N–H and O–H groups in total. The van der Waals surface area contributed by atoms with Crippen LogP contribution in [0.15, 0.2) is 53.4 Å². The minimum Gasteiger partial charge on any atom is -0.497 e. The molecule has 27 heavy (non-hydrogen) atoms. The Labute approximate surface area is 160 Å². The van der Waals surface area contributed by atoms with Crippen LogP contribution in [0.5, 0.6) is 5.75 Å². The molecule has 0 aliphatic carbocycles. The van der Waals surface area contributed by atoms with E-state index in [1.807, 2.05) is 30.3 Å². The minimum absolute atomic E-state index is 0.185. The fourth-order valence-corrected chi connectivity index (χ4v) is 5.20. The standard InChI is InChI=1S/C20H24N2O4S/c1-15-10-11-17(26-2)13-19(15)27(24,25)22-12-6-9-18(22)20(23)21-14-16-7-4-3-5-8-16/h3-5,7-8,10-11,13,18H,6,9,12,14H2,1-2H3,(H,21,23). The van der Waals surface area contributed by atoms with Gasteiger partial charge in [0.05, 0.1) is 12.0 Å². The fourth-order valence-electron chi connectivity index (χ4n) is 3.30. The number of nitrogens with one attached hydrogen (secondary N) is 1. The van der Waals surface area contributed by atoms with Crippen LogP contribution in [0.3, 0.4) is 0 Å². The van der Waals surface area contributed by atoms with Crippen molar-refractivity contribution < 1.29 is 17.9 Å². The second-order valence-corrected chi connectivity index (χ2v) is 8.47. The number of rotatable bonds is 6. The first-order chi connectivity index (χ1) is 12.9. The van der Waals surface area contributed by atoms with E-state index in [2.05, 4.69) is 5.32 Å². The van der Waals surface area contributed by atoms with Crippen molar-refractivity contribution >= 4 is 15.9 Å². The van der Waals surface area contributed by atoms with Crippen molar-refractivity contribution in [2.45, 2.75) is 37.2 Å². The Morgan fingerprint density at radius 2 is 1.96 bits per heavy atom. The van der Waals surface area contributed by atoms with Crippen molar-refractivity contribution in [2.24, 2.45) is 0 Å². The van der Waals surface area contributed by atoms with E-state index in [0.29, 0.717) is 37.2 Å². The molecule has 1 amide bonds. The van der Waals surface area contributed by atoms with Crippen LogP contribution in [0.25, 0.3) is 0 Å². The van der Waals surface area contributed by atoms with Crippen molar-refractivity contribution in [3.8, 4) is 5.75 Å². The summed E-state index contributed by atoms with van der Waals surface area (Å²) in [5.41, 5.74) is 1.60. The van der Waals surface area contributed by atoms with Gasteiger partial charge < -0.3 is 10.1 Å². The van der Waals surface area contributed by atoms with Crippen LogP contribution in [0.1, 0.15) is 24.0 Å². The first kappa shape index (κ1) is 19.4. The highest BCUT2D eigenvalue weighted by molar-refractivity contribution is 7.89. The second kappa shape index (κ2) is 8.10. The first-order valence-electron chi connectivity index (χ1n) is 8.91. The van der Waals surface area contributed by atoms with Crippen molar-refractivity contribution in [3.63, 3.8) is 0 Å². The van der Waals surface area contributed by atoms with Crippen LogP contribution >= 0.6 is 0 Å². The van der Waals surface area contributed by atoms with Crippen LogP contribution in [0.2, 0.25) is 0 Å². The summed E-state index contributed by atoms with van der Waals surface area (Å²) in [5.74, 6) is 0.212.